The normalized spacial score (nSPS) is 11.3. The van der Waals surface area contributed by atoms with Gasteiger partial charge in [-0.25, -0.2) is 9.59 Å². The van der Waals surface area contributed by atoms with Gasteiger partial charge in [0.25, 0.3) is 0 Å². The van der Waals surface area contributed by atoms with Gasteiger partial charge in [-0.05, 0) is 17.7 Å². The molecule has 0 aliphatic carbocycles. The molecule has 3 amide bonds. The molecule has 0 saturated heterocycles. The van der Waals surface area contributed by atoms with E-state index in [9.17, 15) is 14.4 Å². The Kier molecular flexibility index (Phi) is 5.99. The predicted molar refractivity (Wildman–Crippen MR) is 73.6 cm³/mol. The van der Waals surface area contributed by atoms with Crippen LogP contribution in [0.25, 0.3) is 0 Å². The second-order valence-electron chi connectivity index (χ2n) is 4.24. The lowest BCUT2D eigenvalue weighted by Crippen LogP contribution is -2.47. The summed E-state index contributed by atoms with van der Waals surface area (Å²) in [4.78, 5) is 33.2. The molecular formula is C13H17N3O5. The van der Waals surface area contributed by atoms with Gasteiger partial charge < -0.3 is 26.2 Å². The Bertz CT molecular complexity index is 532. The van der Waals surface area contributed by atoms with E-state index in [0.29, 0.717) is 5.75 Å². The fraction of sp³-hybridized carbons (Fsp3) is 0.308. The van der Waals surface area contributed by atoms with E-state index in [4.69, 9.17) is 15.6 Å². The summed E-state index contributed by atoms with van der Waals surface area (Å²) in [6, 6.07) is 4.98. The molecule has 1 atom stereocenters. The third-order valence-electron chi connectivity index (χ3n) is 2.60. The van der Waals surface area contributed by atoms with Gasteiger partial charge in [0.1, 0.15) is 11.8 Å². The summed E-state index contributed by atoms with van der Waals surface area (Å²) in [7, 11) is 1.53. The van der Waals surface area contributed by atoms with Crippen molar-refractivity contribution in [1.82, 2.24) is 10.6 Å². The number of methoxy groups -OCH3 is 1. The fourth-order valence-electron chi connectivity index (χ4n) is 1.58. The molecule has 0 aromatic heterocycles. The van der Waals surface area contributed by atoms with E-state index in [2.05, 4.69) is 10.6 Å². The van der Waals surface area contributed by atoms with E-state index < -0.39 is 30.4 Å². The highest BCUT2D eigenvalue weighted by Crippen LogP contribution is 2.11. The second-order valence-corrected chi connectivity index (χ2v) is 4.24. The molecule has 1 aromatic carbocycles. The zero-order chi connectivity index (χ0) is 15.8. The van der Waals surface area contributed by atoms with E-state index in [1.807, 2.05) is 0 Å². The molecule has 0 fully saturated rings. The van der Waals surface area contributed by atoms with Gasteiger partial charge in [-0.2, -0.15) is 0 Å². The Morgan fingerprint density at radius 1 is 1.38 bits per heavy atom. The van der Waals surface area contributed by atoms with Crippen molar-refractivity contribution in [3.8, 4) is 5.75 Å². The zero-order valence-electron chi connectivity index (χ0n) is 11.5. The largest absolute Gasteiger partial charge is 0.497 e. The number of carboxylic acid groups (broad SMARTS) is 1. The van der Waals surface area contributed by atoms with Gasteiger partial charge in [0.2, 0.25) is 5.91 Å². The summed E-state index contributed by atoms with van der Waals surface area (Å²) in [6.07, 6.45) is -0.470. The predicted octanol–water partition coefficient (Wildman–Crippen LogP) is -0.177. The van der Waals surface area contributed by atoms with E-state index in [0.717, 1.165) is 5.56 Å². The minimum absolute atomic E-state index is 0.186. The molecule has 0 saturated carbocycles. The van der Waals surface area contributed by atoms with Crippen molar-refractivity contribution >= 4 is 17.9 Å². The van der Waals surface area contributed by atoms with E-state index in [-0.39, 0.29) is 6.54 Å². The molecule has 1 rings (SSSR count). The molecule has 1 unspecified atom stereocenters. The number of amides is 3. The highest BCUT2D eigenvalue weighted by atomic mass is 16.5. The van der Waals surface area contributed by atoms with Gasteiger partial charge in [0.05, 0.1) is 13.5 Å². The molecule has 0 bridgehead atoms. The molecule has 0 aliphatic heterocycles. The summed E-state index contributed by atoms with van der Waals surface area (Å²) in [5, 5.41) is 13.5. The first-order valence-corrected chi connectivity index (χ1v) is 6.10. The summed E-state index contributed by atoms with van der Waals surface area (Å²) >= 11 is 0. The van der Waals surface area contributed by atoms with Crippen molar-refractivity contribution in [2.75, 3.05) is 7.11 Å². The Balaban J connectivity index is 2.52. The topological polar surface area (TPSA) is 131 Å². The standard InChI is InChI=1S/C13H17N3O5/c1-21-9-4-2-3-8(5-9)7-15-13(20)16-10(12(18)19)6-11(14)17/h2-5,10H,6-7H2,1H3,(H2,14,17)(H,18,19)(H2,15,16,20). The van der Waals surface area contributed by atoms with Crippen molar-refractivity contribution in [2.24, 2.45) is 5.73 Å². The van der Waals surface area contributed by atoms with Gasteiger partial charge in [0.15, 0.2) is 0 Å². The van der Waals surface area contributed by atoms with Crippen LogP contribution in [-0.2, 0) is 16.1 Å². The summed E-state index contributed by atoms with van der Waals surface area (Å²) in [6.45, 7) is 0.186. The van der Waals surface area contributed by atoms with Crippen LogP contribution in [-0.4, -0.2) is 36.2 Å². The highest BCUT2D eigenvalue weighted by Gasteiger charge is 2.21. The maximum Gasteiger partial charge on any atom is 0.326 e. The minimum Gasteiger partial charge on any atom is -0.497 e. The number of ether oxygens (including phenoxy) is 1. The van der Waals surface area contributed by atoms with E-state index >= 15 is 0 Å². The smallest absolute Gasteiger partial charge is 0.326 e. The third kappa shape index (κ3) is 5.81. The van der Waals surface area contributed by atoms with Gasteiger partial charge >= 0.3 is 12.0 Å². The average molecular weight is 295 g/mol. The van der Waals surface area contributed by atoms with Gasteiger partial charge in [0, 0.05) is 6.54 Å². The molecule has 0 spiro atoms. The van der Waals surface area contributed by atoms with Crippen molar-refractivity contribution in [1.29, 1.82) is 0 Å². The number of nitrogens with two attached hydrogens (primary N) is 1. The molecule has 21 heavy (non-hydrogen) atoms. The molecule has 0 heterocycles. The number of hydrogen-bond donors (Lipinski definition) is 4. The Morgan fingerprint density at radius 3 is 2.67 bits per heavy atom. The van der Waals surface area contributed by atoms with Crippen molar-refractivity contribution in [2.45, 2.75) is 19.0 Å². The van der Waals surface area contributed by atoms with Crippen LogP contribution in [0.1, 0.15) is 12.0 Å². The van der Waals surface area contributed by atoms with Crippen LogP contribution in [0.5, 0.6) is 5.75 Å². The van der Waals surface area contributed by atoms with Gasteiger partial charge in [-0.3, -0.25) is 4.79 Å². The number of nitrogens with one attached hydrogen (secondary N) is 2. The van der Waals surface area contributed by atoms with Crippen molar-refractivity contribution in [3.63, 3.8) is 0 Å². The number of carbonyl (C=O) groups is 3. The van der Waals surface area contributed by atoms with E-state index in [1.165, 1.54) is 7.11 Å². The lowest BCUT2D eigenvalue weighted by molar-refractivity contribution is -0.140. The van der Waals surface area contributed by atoms with Crippen LogP contribution in [0.15, 0.2) is 24.3 Å². The molecule has 5 N–H and O–H groups in total. The summed E-state index contributed by atoms with van der Waals surface area (Å²) in [5.74, 6) is -1.49. The highest BCUT2D eigenvalue weighted by molar-refractivity contribution is 5.87. The maximum absolute atomic E-state index is 11.6. The minimum atomic E-state index is -1.35. The first-order valence-electron chi connectivity index (χ1n) is 6.10. The number of primary amides is 1. The Morgan fingerprint density at radius 2 is 2.10 bits per heavy atom. The second kappa shape index (κ2) is 7.73. The lowest BCUT2D eigenvalue weighted by Gasteiger charge is -2.13. The van der Waals surface area contributed by atoms with Crippen molar-refractivity contribution < 1.29 is 24.2 Å². The van der Waals surface area contributed by atoms with Gasteiger partial charge in [-0.1, -0.05) is 12.1 Å². The number of carbonyl (C=O) groups excluding carboxylic acids is 2. The molecular weight excluding hydrogens is 278 g/mol. The van der Waals surface area contributed by atoms with Crippen LogP contribution >= 0.6 is 0 Å². The van der Waals surface area contributed by atoms with Crippen LogP contribution in [0.3, 0.4) is 0 Å². The molecule has 8 nitrogen and oxygen atoms in total. The fourth-order valence-corrected chi connectivity index (χ4v) is 1.58. The van der Waals surface area contributed by atoms with E-state index in [1.54, 1.807) is 24.3 Å². The lowest BCUT2D eigenvalue weighted by atomic mass is 10.2. The number of benzene rings is 1. The number of aliphatic carboxylic acids is 1. The zero-order valence-corrected chi connectivity index (χ0v) is 11.5. The number of hydrogen-bond acceptors (Lipinski definition) is 4. The van der Waals surface area contributed by atoms with Crippen LogP contribution in [0, 0.1) is 0 Å². The summed E-state index contributed by atoms with van der Waals surface area (Å²) in [5.41, 5.74) is 5.70. The van der Waals surface area contributed by atoms with Crippen LogP contribution in [0.2, 0.25) is 0 Å². The van der Waals surface area contributed by atoms with Crippen molar-refractivity contribution in [3.05, 3.63) is 29.8 Å². The molecule has 1 aromatic rings. The number of carboxylic acids is 1. The molecule has 0 radical (unpaired) electrons. The number of urea groups is 1. The molecule has 0 aliphatic rings. The first kappa shape index (κ1) is 16.3. The SMILES string of the molecule is COc1cccc(CNC(=O)NC(CC(N)=O)C(=O)O)c1. The molecule has 114 valence electrons. The Hall–Kier alpha value is -2.77. The summed E-state index contributed by atoms with van der Waals surface area (Å²) < 4.78 is 5.04. The number of rotatable bonds is 7. The van der Waals surface area contributed by atoms with Crippen LogP contribution < -0.4 is 21.1 Å². The van der Waals surface area contributed by atoms with Gasteiger partial charge in [-0.15, -0.1) is 0 Å². The molecule has 8 heteroatoms. The first-order chi connectivity index (χ1) is 9.92. The maximum atomic E-state index is 11.6. The monoisotopic (exact) mass is 295 g/mol. The average Bonchev–Trinajstić information content (AvgIpc) is 2.44. The van der Waals surface area contributed by atoms with Crippen LogP contribution in [0.4, 0.5) is 4.79 Å². The Labute approximate surface area is 121 Å². The quantitative estimate of drug-likeness (QED) is 0.554. The third-order valence-corrected chi connectivity index (χ3v) is 2.60.